The van der Waals surface area contributed by atoms with Crippen molar-refractivity contribution in [3.8, 4) is 22.5 Å². The number of fused-ring (bicyclic) bond motifs is 1. The van der Waals surface area contributed by atoms with E-state index >= 15 is 0 Å². The molecule has 0 spiro atoms. The fourth-order valence-corrected chi connectivity index (χ4v) is 2.73. The summed E-state index contributed by atoms with van der Waals surface area (Å²) < 4.78 is 0. The van der Waals surface area contributed by atoms with Crippen LogP contribution in [0.15, 0.2) is 85.2 Å². The van der Waals surface area contributed by atoms with Crippen molar-refractivity contribution in [2.45, 2.75) is 0 Å². The molecule has 0 bridgehead atoms. The second-order valence-corrected chi connectivity index (χ2v) is 5.17. The smallest absolute Gasteiger partial charge is 0.0708 e. The van der Waals surface area contributed by atoms with E-state index in [1.54, 1.807) is 0 Å². The Kier molecular flexibility index (Phi) is 3.13. The summed E-state index contributed by atoms with van der Waals surface area (Å²) in [5.74, 6) is 0. The van der Waals surface area contributed by atoms with Crippen LogP contribution in [0.3, 0.4) is 0 Å². The topological polar surface area (TPSA) is 25.8 Å². The van der Waals surface area contributed by atoms with Gasteiger partial charge in [0.05, 0.1) is 11.4 Å². The molecule has 0 aliphatic carbocycles. The van der Waals surface area contributed by atoms with E-state index in [-0.39, 0.29) is 0 Å². The van der Waals surface area contributed by atoms with Gasteiger partial charge in [0.1, 0.15) is 0 Å². The first-order valence-electron chi connectivity index (χ1n) is 7.27. The van der Waals surface area contributed by atoms with Crippen molar-refractivity contribution in [1.29, 1.82) is 0 Å². The predicted octanol–water partition coefficient (Wildman–Crippen LogP) is 4.96. The standard InChI is InChI=1S/C20H14N2/c1-2-8-17-15(7-1)13-16(19-9-3-5-11-21-19)14-18(17)20-10-4-6-12-22-20/h1-14H. The molecule has 22 heavy (non-hydrogen) atoms. The van der Waals surface area contributed by atoms with Crippen molar-refractivity contribution < 1.29 is 0 Å². The average molecular weight is 282 g/mol. The third kappa shape index (κ3) is 2.25. The van der Waals surface area contributed by atoms with Crippen molar-refractivity contribution in [1.82, 2.24) is 9.97 Å². The van der Waals surface area contributed by atoms with Gasteiger partial charge in [0.15, 0.2) is 0 Å². The number of hydrogen-bond acceptors (Lipinski definition) is 2. The van der Waals surface area contributed by atoms with E-state index in [0.29, 0.717) is 0 Å². The van der Waals surface area contributed by atoms with Crippen LogP contribution in [0.1, 0.15) is 0 Å². The number of hydrogen-bond donors (Lipinski definition) is 0. The Bertz CT molecular complexity index is 916. The molecule has 0 atom stereocenters. The van der Waals surface area contributed by atoms with E-state index in [4.69, 9.17) is 0 Å². The Morgan fingerprint density at radius 3 is 2.00 bits per heavy atom. The Morgan fingerprint density at radius 2 is 1.27 bits per heavy atom. The van der Waals surface area contributed by atoms with Crippen molar-refractivity contribution in [2.75, 3.05) is 0 Å². The predicted molar refractivity (Wildman–Crippen MR) is 90.4 cm³/mol. The summed E-state index contributed by atoms with van der Waals surface area (Å²) in [6, 6.07) is 24.7. The molecule has 4 aromatic rings. The Hall–Kier alpha value is -3.00. The lowest BCUT2D eigenvalue weighted by Crippen LogP contribution is -1.88. The van der Waals surface area contributed by atoms with Gasteiger partial charge in [-0.1, -0.05) is 36.4 Å². The van der Waals surface area contributed by atoms with Crippen LogP contribution < -0.4 is 0 Å². The van der Waals surface area contributed by atoms with E-state index in [0.717, 1.165) is 22.5 Å². The van der Waals surface area contributed by atoms with Crippen LogP contribution in [0.2, 0.25) is 0 Å². The van der Waals surface area contributed by atoms with Crippen molar-refractivity contribution >= 4 is 10.8 Å². The minimum Gasteiger partial charge on any atom is -0.256 e. The highest BCUT2D eigenvalue weighted by atomic mass is 14.7. The van der Waals surface area contributed by atoms with Crippen LogP contribution in [-0.4, -0.2) is 9.97 Å². The summed E-state index contributed by atoms with van der Waals surface area (Å²) in [7, 11) is 0. The fraction of sp³-hybridized carbons (Fsp3) is 0. The van der Waals surface area contributed by atoms with Gasteiger partial charge in [-0.15, -0.1) is 0 Å². The van der Waals surface area contributed by atoms with Crippen molar-refractivity contribution in [3.05, 3.63) is 85.2 Å². The van der Waals surface area contributed by atoms with Gasteiger partial charge in [-0.25, -0.2) is 0 Å². The highest BCUT2D eigenvalue weighted by Gasteiger charge is 2.08. The number of pyridine rings is 2. The molecule has 104 valence electrons. The number of rotatable bonds is 2. The molecular formula is C20H14N2. The maximum atomic E-state index is 4.51. The average Bonchev–Trinajstić information content (AvgIpc) is 2.62. The minimum absolute atomic E-state index is 0.977. The van der Waals surface area contributed by atoms with E-state index in [9.17, 15) is 0 Å². The summed E-state index contributed by atoms with van der Waals surface area (Å²) in [5, 5.41) is 2.41. The zero-order valence-electron chi connectivity index (χ0n) is 12.0. The van der Waals surface area contributed by atoms with Gasteiger partial charge >= 0.3 is 0 Å². The molecule has 0 unspecified atom stereocenters. The molecule has 2 aromatic heterocycles. The largest absolute Gasteiger partial charge is 0.256 e. The molecule has 2 nitrogen and oxygen atoms in total. The monoisotopic (exact) mass is 282 g/mol. The van der Waals surface area contributed by atoms with Gasteiger partial charge in [-0.2, -0.15) is 0 Å². The molecule has 0 radical (unpaired) electrons. The quantitative estimate of drug-likeness (QED) is 0.519. The fourth-order valence-electron chi connectivity index (χ4n) is 2.73. The second kappa shape index (κ2) is 5.41. The zero-order valence-corrected chi connectivity index (χ0v) is 12.0. The second-order valence-electron chi connectivity index (χ2n) is 5.17. The lowest BCUT2D eigenvalue weighted by atomic mass is 9.97. The molecule has 0 fully saturated rings. The van der Waals surface area contributed by atoms with Crippen LogP contribution in [0.5, 0.6) is 0 Å². The Labute approximate surface area is 129 Å². The van der Waals surface area contributed by atoms with Gasteiger partial charge in [-0.3, -0.25) is 9.97 Å². The molecule has 0 N–H and O–H groups in total. The van der Waals surface area contributed by atoms with Gasteiger partial charge in [0, 0.05) is 23.5 Å². The molecule has 2 heterocycles. The maximum absolute atomic E-state index is 4.51. The van der Waals surface area contributed by atoms with Crippen LogP contribution in [-0.2, 0) is 0 Å². The summed E-state index contributed by atoms with van der Waals surface area (Å²) in [4.78, 5) is 8.98. The molecule has 0 amide bonds. The van der Waals surface area contributed by atoms with Crippen LogP contribution in [0.4, 0.5) is 0 Å². The molecule has 0 aliphatic heterocycles. The summed E-state index contributed by atoms with van der Waals surface area (Å²) >= 11 is 0. The molecule has 2 heteroatoms. The van der Waals surface area contributed by atoms with Gasteiger partial charge < -0.3 is 0 Å². The minimum atomic E-state index is 0.977. The van der Waals surface area contributed by atoms with Crippen LogP contribution in [0, 0.1) is 0 Å². The lowest BCUT2D eigenvalue weighted by molar-refractivity contribution is 1.32. The summed E-state index contributed by atoms with van der Waals surface area (Å²) in [5.41, 5.74) is 4.21. The van der Waals surface area contributed by atoms with Gasteiger partial charge in [0.2, 0.25) is 0 Å². The number of benzene rings is 2. The highest BCUT2D eigenvalue weighted by Crippen LogP contribution is 2.32. The summed E-state index contributed by atoms with van der Waals surface area (Å²) in [6.45, 7) is 0. The number of aromatic nitrogens is 2. The molecule has 4 rings (SSSR count). The third-order valence-corrected chi connectivity index (χ3v) is 3.76. The zero-order chi connectivity index (χ0) is 14.8. The molecule has 2 aromatic carbocycles. The highest BCUT2D eigenvalue weighted by molar-refractivity contribution is 5.99. The van der Waals surface area contributed by atoms with E-state index in [1.165, 1.54) is 10.8 Å². The van der Waals surface area contributed by atoms with Gasteiger partial charge in [0.25, 0.3) is 0 Å². The van der Waals surface area contributed by atoms with Crippen molar-refractivity contribution in [2.24, 2.45) is 0 Å². The normalized spacial score (nSPS) is 10.7. The Morgan fingerprint density at radius 1 is 0.591 bits per heavy atom. The number of nitrogens with zero attached hydrogens (tertiary/aromatic N) is 2. The van der Waals surface area contributed by atoms with Crippen LogP contribution in [0.25, 0.3) is 33.3 Å². The Balaban J connectivity index is 2.02. The van der Waals surface area contributed by atoms with E-state index < -0.39 is 0 Å². The van der Waals surface area contributed by atoms with E-state index in [1.807, 2.05) is 48.8 Å². The van der Waals surface area contributed by atoms with Crippen LogP contribution >= 0.6 is 0 Å². The van der Waals surface area contributed by atoms with E-state index in [2.05, 4.69) is 46.4 Å². The SMILES string of the molecule is c1ccc(-c2cc(-c3ccccn3)c3ccccc3c2)nc1. The molecule has 0 saturated heterocycles. The van der Waals surface area contributed by atoms with Gasteiger partial charge in [-0.05, 0) is 47.2 Å². The first-order valence-corrected chi connectivity index (χ1v) is 7.27. The first kappa shape index (κ1) is 12.7. The molecule has 0 aliphatic rings. The third-order valence-electron chi connectivity index (χ3n) is 3.76. The van der Waals surface area contributed by atoms with Crippen molar-refractivity contribution in [3.63, 3.8) is 0 Å². The first-order chi connectivity index (χ1) is 10.9. The molecular weight excluding hydrogens is 268 g/mol. The maximum Gasteiger partial charge on any atom is 0.0708 e. The lowest BCUT2D eigenvalue weighted by Gasteiger charge is -2.10. The molecule has 0 saturated carbocycles. The summed E-state index contributed by atoms with van der Waals surface area (Å²) in [6.07, 6.45) is 3.66.